The van der Waals surface area contributed by atoms with Gasteiger partial charge in [0.15, 0.2) is 0 Å². The first kappa shape index (κ1) is 13.6. The molecule has 0 amide bonds. The molecular formula is C15H23N3O2. The molecule has 0 radical (unpaired) electrons. The van der Waals surface area contributed by atoms with Crippen molar-refractivity contribution < 1.29 is 9.53 Å². The van der Waals surface area contributed by atoms with E-state index in [1.165, 1.54) is 18.5 Å². The Morgan fingerprint density at radius 2 is 2.20 bits per heavy atom. The van der Waals surface area contributed by atoms with Crippen molar-refractivity contribution in [2.45, 2.75) is 58.2 Å². The number of aromatic nitrogens is 2. The fourth-order valence-electron chi connectivity index (χ4n) is 3.48. The Morgan fingerprint density at radius 3 is 2.85 bits per heavy atom. The van der Waals surface area contributed by atoms with Gasteiger partial charge < -0.3 is 4.74 Å². The maximum absolute atomic E-state index is 11.9. The number of aryl methyl sites for hydroxylation is 2. The van der Waals surface area contributed by atoms with Gasteiger partial charge in [0.1, 0.15) is 6.04 Å². The maximum atomic E-state index is 11.9. The van der Waals surface area contributed by atoms with Gasteiger partial charge in [0.25, 0.3) is 0 Å². The minimum atomic E-state index is -0.0368. The number of carbonyl (C=O) groups excluding carboxylic acids is 1. The Hall–Kier alpha value is -1.36. The van der Waals surface area contributed by atoms with Crippen molar-refractivity contribution in [3.8, 4) is 0 Å². The van der Waals surface area contributed by atoms with E-state index in [-0.39, 0.29) is 12.0 Å². The van der Waals surface area contributed by atoms with Crippen LogP contribution in [0.5, 0.6) is 0 Å². The Bertz CT molecular complexity index is 497. The SMILES string of the molecule is Cc1cc(C)n(C[C@@H]2CCCCN2[C@H]2CCOC2=O)n1. The van der Waals surface area contributed by atoms with Gasteiger partial charge in [-0.1, -0.05) is 6.42 Å². The van der Waals surface area contributed by atoms with Crippen LogP contribution in [0.1, 0.15) is 37.1 Å². The quantitative estimate of drug-likeness (QED) is 0.789. The maximum Gasteiger partial charge on any atom is 0.323 e. The summed E-state index contributed by atoms with van der Waals surface area (Å²) in [5, 5.41) is 4.56. The van der Waals surface area contributed by atoms with Crippen molar-refractivity contribution in [2.75, 3.05) is 13.2 Å². The van der Waals surface area contributed by atoms with Crippen molar-refractivity contribution in [1.29, 1.82) is 0 Å². The number of nitrogens with zero attached hydrogens (tertiary/aromatic N) is 3. The summed E-state index contributed by atoms with van der Waals surface area (Å²) in [7, 11) is 0. The third-order valence-electron chi connectivity index (χ3n) is 4.47. The highest BCUT2D eigenvalue weighted by molar-refractivity contribution is 5.77. The van der Waals surface area contributed by atoms with Crippen LogP contribution in [0.2, 0.25) is 0 Å². The van der Waals surface area contributed by atoms with Gasteiger partial charge in [-0.05, 0) is 39.3 Å². The Morgan fingerprint density at radius 1 is 1.35 bits per heavy atom. The number of ether oxygens (including phenoxy) is 1. The Balaban J connectivity index is 1.75. The predicted molar refractivity (Wildman–Crippen MR) is 75.4 cm³/mol. The van der Waals surface area contributed by atoms with Gasteiger partial charge in [-0.2, -0.15) is 5.10 Å². The van der Waals surface area contributed by atoms with E-state index in [1.807, 2.05) is 6.92 Å². The Kier molecular flexibility index (Phi) is 3.78. The highest BCUT2D eigenvalue weighted by atomic mass is 16.5. The van der Waals surface area contributed by atoms with Gasteiger partial charge in [0, 0.05) is 18.2 Å². The highest BCUT2D eigenvalue weighted by Crippen LogP contribution is 2.25. The second kappa shape index (κ2) is 5.56. The number of carbonyl (C=O) groups is 1. The fourth-order valence-corrected chi connectivity index (χ4v) is 3.48. The van der Waals surface area contributed by atoms with Crippen LogP contribution in [0, 0.1) is 13.8 Å². The number of esters is 1. The van der Waals surface area contributed by atoms with E-state index in [0.29, 0.717) is 12.6 Å². The van der Waals surface area contributed by atoms with Crippen molar-refractivity contribution in [3.63, 3.8) is 0 Å². The molecule has 0 N–H and O–H groups in total. The summed E-state index contributed by atoms with van der Waals surface area (Å²) < 4.78 is 7.22. The first-order valence-corrected chi connectivity index (χ1v) is 7.58. The van der Waals surface area contributed by atoms with Crippen LogP contribution in [0.25, 0.3) is 0 Å². The lowest BCUT2D eigenvalue weighted by atomic mass is 9.99. The molecule has 2 saturated heterocycles. The molecule has 2 aliphatic rings. The number of hydrogen-bond acceptors (Lipinski definition) is 4. The Labute approximate surface area is 119 Å². The van der Waals surface area contributed by atoms with E-state index in [2.05, 4.69) is 27.7 Å². The lowest BCUT2D eigenvalue weighted by Gasteiger charge is -2.38. The van der Waals surface area contributed by atoms with E-state index in [0.717, 1.165) is 31.6 Å². The van der Waals surface area contributed by atoms with E-state index in [4.69, 9.17) is 4.74 Å². The van der Waals surface area contributed by atoms with Gasteiger partial charge in [-0.3, -0.25) is 14.4 Å². The molecule has 2 atom stereocenters. The third-order valence-corrected chi connectivity index (χ3v) is 4.47. The zero-order valence-corrected chi connectivity index (χ0v) is 12.3. The molecule has 1 aromatic rings. The summed E-state index contributed by atoms with van der Waals surface area (Å²) in [5.74, 6) is -0.0368. The molecule has 5 nitrogen and oxygen atoms in total. The smallest absolute Gasteiger partial charge is 0.323 e. The molecule has 0 unspecified atom stereocenters. The normalized spacial score (nSPS) is 27.8. The van der Waals surface area contributed by atoms with Crippen molar-refractivity contribution in [1.82, 2.24) is 14.7 Å². The molecule has 2 fully saturated rings. The van der Waals surface area contributed by atoms with Gasteiger partial charge in [0.05, 0.1) is 18.8 Å². The molecule has 0 aromatic carbocycles. The summed E-state index contributed by atoms with van der Waals surface area (Å²) in [6, 6.07) is 2.48. The topological polar surface area (TPSA) is 47.4 Å². The van der Waals surface area contributed by atoms with Crippen LogP contribution >= 0.6 is 0 Å². The number of cyclic esters (lactones) is 1. The van der Waals surface area contributed by atoms with Crippen LogP contribution in [0.3, 0.4) is 0 Å². The van der Waals surface area contributed by atoms with Gasteiger partial charge in [0.2, 0.25) is 0 Å². The molecule has 5 heteroatoms. The number of piperidine rings is 1. The lowest BCUT2D eigenvalue weighted by molar-refractivity contribution is -0.143. The van der Waals surface area contributed by atoms with Crippen molar-refractivity contribution in [3.05, 3.63) is 17.5 Å². The van der Waals surface area contributed by atoms with Gasteiger partial charge in [-0.25, -0.2) is 0 Å². The summed E-state index contributed by atoms with van der Waals surface area (Å²) in [4.78, 5) is 14.2. The second-order valence-corrected chi connectivity index (χ2v) is 5.97. The standard InChI is InChI=1S/C15H23N3O2/c1-11-9-12(2)18(16-11)10-13-5-3-4-7-17(13)14-6-8-20-15(14)19/h9,13-14H,3-8,10H2,1-2H3/t13-,14-/m0/s1. The first-order chi connectivity index (χ1) is 9.65. The molecule has 0 bridgehead atoms. The van der Waals surface area contributed by atoms with E-state index in [1.54, 1.807) is 0 Å². The molecule has 0 aliphatic carbocycles. The highest BCUT2D eigenvalue weighted by Gasteiger charge is 2.37. The third kappa shape index (κ3) is 2.59. The summed E-state index contributed by atoms with van der Waals surface area (Å²) in [5.41, 5.74) is 2.26. The molecule has 0 spiro atoms. The second-order valence-electron chi connectivity index (χ2n) is 5.97. The summed E-state index contributed by atoms with van der Waals surface area (Å²) >= 11 is 0. The zero-order valence-electron chi connectivity index (χ0n) is 12.3. The minimum Gasteiger partial charge on any atom is -0.464 e. The number of hydrogen-bond donors (Lipinski definition) is 0. The van der Waals surface area contributed by atoms with E-state index in [9.17, 15) is 4.79 Å². The molecule has 1 aromatic heterocycles. The largest absolute Gasteiger partial charge is 0.464 e. The molecule has 2 aliphatic heterocycles. The summed E-state index contributed by atoms with van der Waals surface area (Å²) in [6.45, 7) is 6.58. The molecule has 0 saturated carbocycles. The first-order valence-electron chi connectivity index (χ1n) is 7.58. The van der Waals surface area contributed by atoms with Crippen LogP contribution < -0.4 is 0 Å². The van der Waals surface area contributed by atoms with Crippen molar-refractivity contribution in [2.24, 2.45) is 0 Å². The number of rotatable bonds is 3. The van der Waals surface area contributed by atoms with Crippen molar-refractivity contribution >= 4 is 5.97 Å². The van der Waals surface area contributed by atoms with Crippen LogP contribution in [0.15, 0.2) is 6.07 Å². The molecule has 20 heavy (non-hydrogen) atoms. The lowest BCUT2D eigenvalue weighted by Crippen LogP contribution is -2.50. The molecule has 110 valence electrons. The fraction of sp³-hybridized carbons (Fsp3) is 0.733. The van der Waals surface area contributed by atoms with Crippen LogP contribution in [0.4, 0.5) is 0 Å². The van der Waals surface area contributed by atoms with Crippen LogP contribution in [-0.4, -0.2) is 45.9 Å². The molecule has 3 heterocycles. The average molecular weight is 277 g/mol. The monoisotopic (exact) mass is 277 g/mol. The predicted octanol–water partition coefficient (Wildman–Crippen LogP) is 1.67. The summed E-state index contributed by atoms with van der Waals surface area (Å²) in [6.07, 6.45) is 4.40. The minimum absolute atomic E-state index is 0.0303. The van der Waals surface area contributed by atoms with Crippen LogP contribution in [-0.2, 0) is 16.1 Å². The van der Waals surface area contributed by atoms with Gasteiger partial charge >= 0.3 is 5.97 Å². The van der Waals surface area contributed by atoms with Gasteiger partial charge in [-0.15, -0.1) is 0 Å². The average Bonchev–Trinajstić information content (AvgIpc) is 2.97. The molecule has 3 rings (SSSR count). The zero-order chi connectivity index (χ0) is 14.1. The van der Waals surface area contributed by atoms with E-state index >= 15 is 0 Å². The number of likely N-dealkylation sites (tertiary alicyclic amines) is 1. The molecular weight excluding hydrogens is 254 g/mol. The van der Waals surface area contributed by atoms with E-state index < -0.39 is 0 Å².